The number of benzene rings is 2. The highest BCUT2D eigenvalue weighted by atomic mass is 16.5. The summed E-state index contributed by atoms with van der Waals surface area (Å²) in [5.41, 5.74) is 11.9. The Morgan fingerprint density at radius 1 is 0.745 bits per heavy atom. The maximum atomic E-state index is 6.36. The van der Waals surface area contributed by atoms with Gasteiger partial charge >= 0.3 is 0 Å². The van der Waals surface area contributed by atoms with Crippen molar-refractivity contribution in [3.63, 3.8) is 0 Å². The zero-order valence-electron chi connectivity index (χ0n) is 30.1. The molecule has 260 valence electrons. The van der Waals surface area contributed by atoms with Gasteiger partial charge in [-0.05, 0) is 156 Å². The molecule has 6 aliphatic carbocycles. The summed E-state index contributed by atoms with van der Waals surface area (Å²) in [6.07, 6.45) is 42.1. The molecule has 8 atom stereocenters. The van der Waals surface area contributed by atoms with Gasteiger partial charge in [0.2, 0.25) is 0 Å². The summed E-state index contributed by atoms with van der Waals surface area (Å²) in [5, 5.41) is 1.44. The van der Waals surface area contributed by atoms with E-state index in [4.69, 9.17) is 4.74 Å². The fourth-order valence-electron chi connectivity index (χ4n) is 12.1. The van der Waals surface area contributed by atoms with Crippen LogP contribution in [-0.4, -0.2) is 27.7 Å². The van der Waals surface area contributed by atoms with Crippen LogP contribution >= 0.6 is 0 Å². The fraction of sp³-hybridized carbons (Fsp3) is 0.458. The Labute approximate surface area is 304 Å². The summed E-state index contributed by atoms with van der Waals surface area (Å²) in [4.78, 5) is 2.95. The Kier molecular flexibility index (Phi) is 7.40. The maximum Gasteiger partial charge on any atom is 0.124 e. The predicted octanol–water partition coefficient (Wildman–Crippen LogP) is 11.6. The maximum absolute atomic E-state index is 6.36. The summed E-state index contributed by atoms with van der Waals surface area (Å²) >= 11 is 0. The molecule has 51 heavy (non-hydrogen) atoms. The zero-order chi connectivity index (χ0) is 33.5. The molecule has 3 nitrogen and oxygen atoms in total. The Bertz CT molecular complexity index is 2070. The standard InChI is InChI=1S/C48H52N2O/c1-2-10-35(11-3-1)49-43-15-7-4-12-37(43)40-28-33(22-25-45(40)49)31-18-20-32(21-19-31)34-23-26-46-41(29-34)38-13-5-8-16-44(38)50(46)36-24-27-48-42(30-36)39-14-6-9-17-47(39)51-48/h1-2,4-5,9-10,12-13,17-18,23-24,26-27,29-30,32-33,37,39-40,43,45,47H,3,6-8,11,14-16,19-22,25,28H2. The molecule has 3 aromatic rings. The highest BCUT2D eigenvalue weighted by Gasteiger charge is 2.51. The third kappa shape index (κ3) is 4.96. The minimum absolute atomic E-state index is 0.210. The van der Waals surface area contributed by atoms with E-state index in [-0.39, 0.29) is 6.10 Å². The average Bonchev–Trinajstić information content (AvgIpc) is 3.85. The van der Waals surface area contributed by atoms with Crippen LogP contribution in [0.2, 0.25) is 0 Å². The molecule has 3 heteroatoms. The Balaban J connectivity index is 0.850. The minimum Gasteiger partial charge on any atom is -0.485 e. The van der Waals surface area contributed by atoms with Crippen molar-refractivity contribution >= 4 is 17.0 Å². The van der Waals surface area contributed by atoms with Crippen molar-refractivity contribution in [2.45, 2.75) is 120 Å². The molecule has 1 saturated heterocycles. The van der Waals surface area contributed by atoms with Gasteiger partial charge in [-0.2, -0.15) is 0 Å². The fourth-order valence-corrected chi connectivity index (χ4v) is 12.1. The van der Waals surface area contributed by atoms with E-state index in [2.05, 4.69) is 107 Å². The summed E-state index contributed by atoms with van der Waals surface area (Å²) in [6, 6.07) is 16.0. The molecule has 0 amide bonds. The SMILES string of the molecule is C1=CCCC(N2C3CCC=CC3C3CC(C4=CCC(c5ccc6c(c5)c5c(n6-c6ccc7c(c6)C6CCC=CC6O7)CCC=C5)CC4)CCC32)=C1. The van der Waals surface area contributed by atoms with Crippen LogP contribution < -0.4 is 4.74 Å². The Hall–Kier alpha value is -3.98. The van der Waals surface area contributed by atoms with Crippen molar-refractivity contribution in [2.75, 3.05) is 0 Å². The smallest absolute Gasteiger partial charge is 0.124 e. The average molecular weight is 673 g/mol. The van der Waals surface area contributed by atoms with Crippen LogP contribution in [0.1, 0.15) is 118 Å². The number of allylic oxidation sites excluding steroid dienone is 9. The van der Waals surface area contributed by atoms with Crippen molar-refractivity contribution in [1.29, 1.82) is 0 Å². The van der Waals surface area contributed by atoms with Crippen molar-refractivity contribution in [3.05, 3.63) is 125 Å². The topological polar surface area (TPSA) is 17.4 Å². The van der Waals surface area contributed by atoms with E-state index in [1.807, 2.05) is 0 Å². The van der Waals surface area contributed by atoms with Gasteiger partial charge in [0.1, 0.15) is 11.9 Å². The molecule has 0 spiro atoms. The van der Waals surface area contributed by atoms with E-state index < -0.39 is 0 Å². The van der Waals surface area contributed by atoms with Gasteiger partial charge < -0.3 is 14.2 Å². The first-order chi connectivity index (χ1) is 25.3. The van der Waals surface area contributed by atoms with Gasteiger partial charge in [-0.15, -0.1) is 0 Å². The molecule has 11 rings (SSSR count). The van der Waals surface area contributed by atoms with E-state index >= 15 is 0 Å². The highest BCUT2D eigenvalue weighted by molar-refractivity contribution is 5.94. The molecule has 3 heterocycles. The molecule has 1 saturated carbocycles. The van der Waals surface area contributed by atoms with E-state index in [9.17, 15) is 0 Å². The minimum atomic E-state index is 0.210. The second-order valence-corrected chi connectivity index (χ2v) is 17.0. The second-order valence-electron chi connectivity index (χ2n) is 17.0. The molecule has 0 bridgehead atoms. The van der Waals surface area contributed by atoms with Gasteiger partial charge in [0.25, 0.3) is 0 Å². The summed E-state index contributed by atoms with van der Waals surface area (Å²) in [5.74, 6) is 4.55. The molecular formula is C48H52N2O. The summed E-state index contributed by atoms with van der Waals surface area (Å²) < 4.78 is 8.94. The molecule has 8 unspecified atom stereocenters. The van der Waals surface area contributed by atoms with E-state index in [1.165, 1.54) is 110 Å². The van der Waals surface area contributed by atoms with Crippen LogP contribution in [-0.2, 0) is 6.42 Å². The Morgan fingerprint density at radius 3 is 2.61 bits per heavy atom. The highest BCUT2D eigenvalue weighted by Crippen LogP contribution is 2.53. The molecule has 8 aliphatic rings. The number of hydrogen-bond donors (Lipinski definition) is 0. The van der Waals surface area contributed by atoms with Crippen molar-refractivity contribution in [3.8, 4) is 11.4 Å². The number of likely N-dealkylation sites (tertiary alicyclic amines) is 1. The van der Waals surface area contributed by atoms with E-state index in [0.29, 0.717) is 11.8 Å². The molecule has 0 radical (unpaired) electrons. The molecule has 2 aliphatic heterocycles. The van der Waals surface area contributed by atoms with Crippen LogP contribution in [0.25, 0.3) is 22.7 Å². The molecule has 2 fully saturated rings. The third-order valence-corrected chi connectivity index (χ3v) is 14.5. The van der Waals surface area contributed by atoms with Crippen LogP contribution in [0, 0.1) is 17.8 Å². The molecule has 2 aromatic carbocycles. The lowest BCUT2D eigenvalue weighted by Crippen LogP contribution is -2.40. The second kappa shape index (κ2) is 12.3. The van der Waals surface area contributed by atoms with Crippen LogP contribution in [0.3, 0.4) is 0 Å². The predicted molar refractivity (Wildman–Crippen MR) is 209 cm³/mol. The van der Waals surface area contributed by atoms with Crippen LogP contribution in [0.15, 0.2) is 102 Å². The largest absolute Gasteiger partial charge is 0.485 e. The van der Waals surface area contributed by atoms with Crippen molar-refractivity contribution in [2.24, 2.45) is 17.8 Å². The summed E-state index contributed by atoms with van der Waals surface area (Å²) in [7, 11) is 0. The summed E-state index contributed by atoms with van der Waals surface area (Å²) in [6.45, 7) is 0. The monoisotopic (exact) mass is 672 g/mol. The number of rotatable bonds is 4. The van der Waals surface area contributed by atoms with Gasteiger partial charge in [-0.1, -0.05) is 60.2 Å². The van der Waals surface area contributed by atoms with Crippen LogP contribution in [0.5, 0.6) is 5.75 Å². The van der Waals surface area contributed by atoms with Gasteiger partial charge in [0.15, 0.2) is 0 Å². The number of aromatic nitrogens is 1. The first-order valence-electron chi connectivity index (χ1n) is 20.6. The molecule has 1 aromatic heterocycles. The van der Waals surface area contributed by atoms with Gasteiger partial charge in [-0.25, -0.2) is 0 Å². The third-order valence-electron chi connectivity index (χ3n) is 14.5. The normalized spacial score (nSPS) is 33.2. The van der Waals surface area contributed by atoms with E-state index in [1.54, 1.807) is 11.3 Å². The number of nitrogens with zero attached hydrogens (tertiary/aromatic N) is 2. The number of ether oxygens (including phenoxy) is 1. The van der Waals surface area contributed by atoms with Crippen LogP contribution in [0.4, 0.5) is 0 Å². The Morgan fingerprint density at radius 2 is 1.69 bits per heavy atom. The van der Waals surface area contributed by atoms with Crippen molar-refractivity contribution in [1.82, 2.24) is 9.47 Å². The van der Waals surface area contributed by atoms with Crippen molar-refractivity contribution < 1.29 is 4.74 Å². The van der Waals surface area contributed by atoms with E-state index in [0.717, 1.165) is 54.8 Å². The lowest BCUT2D eigenvalue weighted by molar-refractivity contribution is 0.165. The lowest BCUT2D eigenvalue weighted by Gasteiger charge is -2.41. The zero-order valence-corrected chi connectivity index (χ0v) is 30.1. The first kappa shape index (κ1) is 30.6. The van der Waals surface area contributed by atoms with Gasteiger partial charge in [-0.3, -0.25) is 0 Å². The lowest BCUT2D eigenvalue weighted by atomic mass is 9.68. The van der Waals surface area contributed by atoms with Gasteiger partial charge in [0.05, 0.1) is 5.52 Å². The van der Waals surface area contributed by atoms with Gasteiger partial charge in [0, 0.05) is 57.5 Å². The quantitative estimate of drug-likeness (QED) is 0.257. The number of hydrogen-bond acceptors (Lipinski definition) is 2. The molecule has 0 N–H and O–H groups in total. The molecular weight excluding hydrogens is 621 g/mol. The first-order valence-corrected chi connectivity index (χ1v) is 20.6. The number of fused-ring (bicyclic) bond motifs is 9.